The van der Waals surface area contributed by atoms with Crippen molar-refractivity contribution in [3.63, 3.8) is 0 Å². The molecule has 108 valence electrons. The molecule has 0 saturated carbocycles. The molecule has 0 aliphatic rings. The average Bonchev–Trinajstić information content (AvgIpc) is 2.47. The van der Waals surface area contributed by atoms with E-state index in [1.54, 1.807) is 6.07 Å². The Balaban J connectivity index is 1.91. The lowest BCUT2D eigenvalue weighted by Gasteiger charge is -2.06. The number of benzene rings is 1. The van der Waals surface area contributed by atoms with Gasteiger partial charge in [0.05, 0.1) is 5.75 Å². The third-order valence-electron chi connectivity index (χ3n) is 2.65. The van der Waals surface area contributed by atoms with E-state index in [1.165, 1.54) is 29.6 Å². The molecule has 21 heavy (non-hydrogen) atoms. The van der Waals surface area contributed by atoms with Crippen molar-refractivity contribution in [2.45, 2.75) is 11.8 Å². The maximum absolute atomic E-state index is 11.8. The van der Waals surface area contributed by atoms with Crippen LogP contribution in [0.15, 0.2) is 47.5 Å². The summed E-state index contributed by atoms with van der Waals surface area (Å²) in [6.45, 7) is 2.00. The minimum absolute atomic E-state index is 0.0982. The monoisotopic (exact) mass is 302 g/mol. The van der Waals surface area contributed by atoms with E-state index < -0.39 is 5.97 Å². The van der Waals surface area contributed by atoms with Crippen molar-refractivity contribution in [3.8, 4) is 0 Å². The Morgan fingerprint density at radius 1 is 1.24 bits per heavy atom. The van der Waals surface area contributed by atoms with E-state index in [2.05, 4.69) is 10.3 Å². The first-order valence-electron chi connectivity index (χ1n) is 6.23. The molecule has 0 saturated heterocycles. The number of nitrogens with zero attached hydrogens (tertiary/aromatic N) is 1. The molecule has 0 radical (unpaired) electrons. The number of hydrogen-bond donors (Lipinski definition) is 2. The summed E-state index contributed by atoms with van der Waals surface area (Å²) in [4.78, 5) is 27.3. The number of carbonyl (C=O) groups is 2. The lowest BCUT2D eigenvalue weighted by atomic mass is 10.2. The molecule has 2 rings (SSSR count). The minimum atomic E-state index is -1.12. The molecule has 0 aliphatic heterocycles. The molecule has 2 aromatic rings. The Bertz CT molecular complexity index is 656. The van der Waals surface area contributed by atoms with E-state index in [1.807, 2.05) is 31.2 Å². The summed E-state index contributed by atoms with van der Waals surface area (Å²) in [6, 6.07) is 10.8. The van der Waals surface area contributed by atoms with Gasteiger partial charge in [-0.05, 0) is 31.2 Å². The molecule has 1 amide bonds. The van der Waals surface area contributed by atoms with Crippen molar-refractivity contribution in [1.82, 2.24) is 4.98 Å². The molecule has 0 spiro atoms. The van der Waals surface area contributed by atoms with Gasteiger partial charge in [0.1, 0.15) is 5.69 Å². The molecule has 0 atom stereocenters. The highest BCUT2D eigenvalue weighted by molar-refractivity contribution is 8.00. The molecule has 1 aromatic carbocycles. The number of aryl methyl sites for hydroxylation is 1. The molecule has 2 N–H and O–H groups in total. The Hall–Kier alpha value is -2.34. The summed E-state index contributed by atoms with van der Waals surface area (Å²) >= 11 is 1.42. The predicted molar refractivity (Wildman–Crippen MR) is 81.7 cm³/mol. The van der Waals surface area contributed by atoms with Crippen molar-refractivity contribution >= 4 is 29.3 Å². The maximum atomic E-state index is 11.8. The zero-order valence-corrected chi connectivity index (χ0v) is 12.2. The standard InChI is InChI=1S/C15H14N2O3S/c1-10-2-4-12(5-3-10)21-9-14(18)17-11-6-7-16-13(8-11)15(19)20/h2-8H,9H2,1H3,(H,19,20)(H,16,17,18). The van der Waals surface area contributed by atoms with Crippen LogP contribution in [0.4, 0.5) is 5.69 Å². The molecule has 0 bridgehead atoms. The number of pyridine rings is 1. The lowest BCUT2D eigenvalue weighted by molar-refractivity contribution is -0.113. The second-order valence-corrected chi connectivity index (χ2v) is 5.43. The second-order valence-electron chi connectivity index (χ2n) is 4.38. The van der Waals surface area contributed by atoms with E-state index >= 15 is 0 Å². The van der Waals surface area contributed by atoms with Crippen molar-refractivity contribution in [2.75, 3.05) is 11.1 Å². The average molecular weight is 302 g/mol. The number of carboxylic acid groups (broad SMARTS) is 1. The van der Waals surface area contributed by atoms with Gasteiger partial charge in [-0.2, -0.15) is 0 Å². The number of amides is 1. The molecular formula is C15H14N2O3S. The van der Waals surface area contributed by atoms with Crippen molar-refractivity contribution < 1.29 is 14.7 Å². The third-order valence-corrected chi connectivity index (χ3v) is 3.67. The van der Waals surface area contributed by atoms with Crippen molar-refractivity contribution in [3.05, 3.63) is 53.9 Å². The number of hydrogen-bond acceptors (Lipinski definition) is 4. The van der Waals surface area contributed by atoms with Crippen LogP contribution in [0.3, 0.4) is 0 Å². The fourth-order valence-electron chi connectivity index (χ4n) is 1.61. The Kier molecular flexibility index (Phi) is 4.94. The first-order valence-corrected chi connectivity index (χ1v) is 7.22. The highest BCUT2D eigenvalue weighted by atomic mass is 32.2. The van der Waals surface area contributed by atoms with E-state index in [0.717, 1.165) is 4.90 Å². The highest BCUT2D eigenvalue weighted by Gasteiger charge is 2.08. The van der Waals surface area contributed by atoms with Gasteiger partial charge in [0.15, 0.2) is 0 Å². The molecular weight excluding hydrogens is 288 g/mol. The maximum Gasteiger partial charge on any atom is 0.354 e. The van der Waals surface area contributed by atoms with Gasteiger partial charge in [-0.1, -0.05) is 17.7 Å². The van der Waals surface area contributed by atoms with Gasteiger partial charge < -0.3 is 10.4 Å². The first-order chi connectivity index (χ1) is 10.0. The van der Waals surface area contributed by atoms with E-state index in [0.29, 0.717) is 5.69 Å². The Labute approximate surface area is 126 Å². The first kappa shape index (κ1) is 15.1. The molecule has 5 nitrogen and oxygen atoms in total. The minimum Gasteiger partial charge on any atom is -0.477 e. The van der Waals surface area contributed by atoms with Gasteiger partial charge in [-0.25, -0.2) is 9.78 Å². The summed E-state index contributed by atoms with van der Waals surface area (Å²) in [5.41, 5.74) is 1.50. The molecule has 0 aliphatic carbocycles. The van der Waals surface area contributed by atoms with Crippen molar-refractivity contribution in [1.29, 1.82) is 0 Å². The quantitative estimate of drug-likeness (QED) is 0.830. The molecule has 0 fully saturated rings. The van der Waals surface area contributed by atoms with Gasteiger partial charge in [0.25, 0.3) is 0 Å². The van der Waals surface area contributed by atoms with Gasteiger partial charge in [0, 0.05) is 16.8 Å². The highest BCUT2D eigenvalue weighted by Crippen LogP contribution is 2.18. The van der Waals surface area contributed by atoms with Crippen LogP contribution in [0.25, 0.3) is 0 Å². The summed E-state index contributed by atoms with van der Waals surface area (Å²) < 4.78 is 0. The number of anilines is 1. The summed E-state index contributed by atoms with van der Waals surface area (Å²) in [5, 5.41) is 11.5. The van der Waals surface area contributed by atoms with E-state index in [9.17, 15) is 9.59 Å². The van der Waals surface area contributed by atoms with Crippen LogP contribution in [0, 0.1) is 6.92 Å². The SMILES string of the molecule is Cc1ccc(SCC(=O)Nc2ccnc(C(=O)O)c2)cc1. The Morgan fingerprint density at radius 3 is 2.62 bits per heavy atom. The normalized spacial score (nSPS) is 10.1. The van der Waals surface area contributed by atoms with Gasteiger partial charge in [-0.15, -0.1) is 11.8 Å². The lowest BCUT2D eigenvalue weighted by Crippen LogP contribution is -2.14. The molecule has 1 heterocycles. The summed E-state index contributed by atoms with van der Waals surface area (Å²) in [6.07, 6.45) is 1.35. The number of rotatable bonds is 5. The van der Waals surface area contributed by atoms with E-state index in [-0.39, 0.29) is 17.4 Å². The number of aromatic carboxylic acids is 1. The second kappa shape index (κ2) is 6.90. The van der Waals surface area contributed by atoms with E-state index in [4.69, 9.17) is 5.11 Å². The summed E-state index contributed by atoms with van der Waals surface area (Å²) in [7, 11) is 0. The van der Waals surface area contributed by atoms with Crippen LogP contribution in [0.5, 0.6) is 0 Å². The van der Waals surface area contributed by atoms with Crippen LogP contribution in [-0.4, -0.2) is 27.7 Å². The topological polar surface area (TPSA) is 79.3 Å². The van der Waals surface area contributed by atoms with Crippen LogP contribution in [0.2, 0.25) is 0 Å². The fourth-order valence-corrected chi connectivity index (χ4v) is 2.30. The molecule has 6 heteroatoms. The molecule has 1 aromatic heterocycles. The fraction of sp³-hybridized carbons (Fsp3) is 0.133. The van der Waals surface area contributed by atoms with Gasteiger partial charge in [-0.3, -0.25) is 4.79 Å². The summed E-state index contributed by atoms with van der Waals surface area (Å²) in [5.74, 6) is -1.06. The van der Waals surface area contributed by atoms with Crippen LogP contribution < -0.4 is 5.32 Å². The van der Waals surface area contributed by atoms with Gasteiger partial charge >= 0.3 is 5.97 Å². The number of thioether (sulfide) groups is 1. The predicted octanol–water partition coefficient (Wildman–Crippen LogP) is 2.82. The third kappa shape index (κ3) is 4.61. The van der Waals surface area contributed by atoms with Crippen LogP contribution in [-0.2, 0) is 4.79 Å². The Morgan fingerprint density at radius 2 is 1.95 bits per heavy atom. The molecule has 0 unspecified atom stereocenters. The smallest absolute Gasteiger partial charge is 0.354 e. The number of carboxylic acids is 1. The van der Waals surface area contributed by atoms with Crippen LogP contribution in [0.1, 0.15) is 16.1 Å². The van der Waals surface area contributed by atoms with Gasteiger partial charge in [0.2, 0.25) is 5.91 Å². The zero-order valence-electron chi connectivity index (χ0n) is 11.4. The van der Waals surface area contributed by atoms with Crippen LogP contribution >= 0.6 is 11.8 Å². The number of carbonyl (C=O) groups excluding carboxylic acids is 1. The number of aromatic nitrogens is 1. The largest absolute Gasteiger partial charge is 0.477 e. The number of nitrogens with one attached hydrogen (secondary N) is 1. The zero-order chi connectivity index (χ0) is 15.2. The van der Waals surface area contributed by atoms with Crippen molar-refractivity contribution in [2.24, 2.45) is 0 Å².